The molecule has 0 aromatic heterocycles. The average Bonchev–Trinajstić information content (AvgIpc) is 3.20. The molecule has 1 aromatic carbocycles. The summed E-state index contributed by atoms with van der Waals surface area (Å²) in [6.07, 6.45) is 3.77. The number of carbonyl (C=O) groups excluding carboxylic acids is 2. The van der Waals surface area contributed by atoms with E-state index in [1.54, 1.807) is 12.1 Å². The molecule has 2 heterocycles. The molecular formula is C18H26N4O2. The summed E-state index contributed by atoms with van der Waals surface area (Å²) in [4.78, 5) is 28.5. The largest absolute Gasteiger partial charge is 0.325 e. The van der Waals surface area contributed by atoms with Crippen molar-refractivity contribution >= 4 is 17.6 Å². The van der Waals surface area contributed by atoms with Crippen molar-refractivity contribution in [3.63, 3.8) is 0 Å². The van der Waals surface area contributed by atoms with Gasteiger partial charge in [-0.2, -0.15) is 0 Å². The van der Waals surface area contributed by atoms with E-state index in [1.165, 1.54) is 25.9 Å². The third-order valence-electron chi connectivity index (χ3n) is 4.74. The number of nitrogens with zero attached hydrogens (tertiary/aromatic N) is 2. The summed E-state index contributed by atoms with van der Waals surface area (Å²) in [5.74, 6) is 0.402. The minimum atomic E-state index is -0.473. The van der Waals surface area contributed by atoms with Gasteiger partial charge in [0.15, 0.2) is 0 Å². The second kappa shape index (κ2) is 8.26. The van der Waals surface area contributed by atoms with Crippen molar-refractivity contribution in [1.29, 1.82) is 0 Å². The Labute approximate surface area is 143 Å². The molecule has 130 valence electrons. The van der Waals surface area contributed by atoms with Gasteiger partial charge in [-0.25, -0.2) is 4.79 Å². The summed E-state index contributed by atoms with van der Waals surface area (Å²) in [6.45, 7) is 5.76. The molecule has 24 heavy (non-hydrogen) atoms. The Hall–Kier alpha value is -1.92. The fourth-order valence-corrected chi connectivity index (χ4v) is 3.59. The lowest BCUT2D eigenvalue weighted by Gasteiger charge is -2.20. The molecule has 0 aliphatic carbocycles. The lowest BCUT2D eigenvalue weighted by Crippen LogP contribution is -2.41. The molecule has 0 bridgehead atoms. The fraction of sp³-hybridized carbons (Fsp3) is 0.556. The summed E-state index contributed by atoms with van der Waals surface area (Å²) in [5, 5.41) is 5.06. The van der Waals surface area contributed by atoms with Crippen molar-refractivity contribution in [2.45, 2.75) is 19.3 Å². The maximum absolute atomic E-state index is 12.0. The van der Waals surface area contributed by atoms with Crippen molar-refractivity contribution in [1.82, 2.24) is 15.1 Å². The summed E-state index contributed by atoms with van der Waals surface area (Å²) < 4.78 is 0. The van der Waals surface area contributed by atoms with Gasteiger partial charge in [-0.1, -0.05) is 18.2 Å². The Morgan fingerprint density at radius 2 is 1.79 bits per heavy atom. The second-order valence-corrected chi connectivity index (χ2v) is 6.77. The van der Waals surface area contributed by atoms with Crippen molar-refractivity contribution in [3.05, 3.63) is 30.3 Å². The molecule has 2 N–H and O–H groups in total. The van der Waals surface area contributed by atoms with Gasteiger partial charge in [-0.05, 0) is 56.9 Å². The summed E-state index contributed by atoms with van der Waals surface area (Å²) in [6, 6.07) is 8.64. The molecular weight excluding hydrogens is 304 g/mol. The smallest absolute Gasteiger partial charge is 0.308 e. The molecule has 1 unspecified atom stereocenters. The Balaban J connectivity index is 1.36. The van der Waals surface area contributed by atoms with Gasteiger partial charge in [0.05, 0.1) is 6.54 Å². The topological polar surface area (TPSA) is 64.7 Å². The first-order valence-corrected chi connectivity index (χ1v) is 8.79. The minimum Gasteiger partial charge on any atom is -0.308 e. The average molecular weight is 330 g/mol. The third kappa shape index (κ3) is 5.04. The normalized spacial score (nSPS) is 21.8. The van der Waals surface area contributed by atoms with Crippen LogP contribution in [-0.4, -0.2) is 61.0 Å². The van der Waals surface area contributed by atoms with E-state index in [0.717, 1.165) is 26.1 Å². The number of likely N-dealkylation sites (tertiary alicyclic amines) is 2. The molecule has 0 saturated carbocycles. The van der Waals surface area contributed by atoms with E-state index in [4.69, 9.17) is 0 Å². The van der Waals surface area contributed by atoms with Crippen LogP contribution in [0.4, 0.5) is 10.5 Å². The van der Waals surface area contributed by atoms with E-state index in [2.05, 4.69) is 20.4 Å². The quantitative estimate of drug-likeness (QED) is 0.863. The summed E-state index contributed by atoms with van der Waals surface area (Å²) in [5.41, 5.74) is 0.676. The van der Waals surface area contributed by atoms with Gasteiger partial charge < -0.3 is 10.2 Å². The molecule has 6 nitrogen and oxygen atoms in total. The lowest BCUT2D eigenvalue weighted by atomic mass is 10.1. The highest BCUT2D eigenvalue weighted by molar-refractivity contribution is 6.01. The Morgan fingerprint density at radius 3 is 2.54 bits per heavy atom. The third-order valence-corrected chi connectivity index (χ3v) is 4.74. The van der Waals surface area contributed by atoms with E-state index >= 15 is 0 Å². The Kier molecular flexibility index (Phi) is 5.82. The van der Waals surface area contributed by atoms with Crippen LogP contribution in [0.5, 0.6) is 0 Å². The molecule has 6 heteroatoms. The molecule has 2 saturated heterocycles. The molecule has 3 amide bonds. The van der Waals surface area contributed by atoms with Crippen LogP contribution >= 0.6 is 0 Å². The van der Waals surface area contributed by atoms with Crippen LogP contribution in [0.2, 0.25) is 0 Å². The predicted molar refractivity (Wildman–Crippen MR) is 93.8 cm³/mol. The molecule has 0 spiro atoms. The van der Waals surface area contributed by atoms with Crippen LogP contribution in [0.1, 0.15) is 19.3 Å². The van der Waals surface area contributed by atoms with E-state index < -0.39 is 6.03 Å². The van der Waals surface area contributed by atoms with Crippen LogP contribution in [0.25, 0.3) is 0 Å². The van der Waals surface area contributed by atoms with E-state index in [0.29, 0.717) is 18.2 Å². The number of nitrogens with one attached hydrogen (secondary N) is 2. The number of anilines is 1. The van der Waals surface area contributed by atoms with Gasteiger partial charge >= 0.3 is 6.03 Å². The maximum atomic E-state index is 12.0. The predicted octanol–water partition coefficient (Wildman–Crippen LogP) is 1.75. The van der Waals surface area contributed by atoms with Crippen molar-refractivity contribution < 1.29 is 9.59 Å². The number of hydrogen-bond donors (Lipinski definition) is 2. The fourth-order valence-electron chi connectivity index (χ4n) is 3.59. The van der Waals surface area contributed by atoms with Gasteiger partial charge in [-0.15, -0.1) is 0 Å². The maximum Gasteiger partial charge on any atom is 0.325 e. The van der Waals surface area contributed by atoms with Gasteiger partial charge in [0.25, 0.3) is 0 Å². The van der Waals surface area contributed by atoms with Crippen LogP contribution < -0.4 is 10.6 Å². The van der Waals surface area contributed by atoms with Gasteiger partial charge in [0.2, 0.25) is 5.91 Å². The number of benzene rings is 1. The molecule has 2 aliphatic rings. The zero-order valence-electron chi connectivity index (χ0n) is 14.0. The summed E-state index contributed by atoms with van der Waals surface area (Å²) >= 11 is 0. The molecule has 0 radical (unpaired) electrons. The number of amides is 3. The molecule has 2 aliphatic heterocycles. The van der Waals surface area contributed by atoms with E-state index in [9.17, 15) is 9.59 Å². The lowest BCUT2D eigenvalue weighted by molar-refractivity contribution is -0.120. The first-order chi connectivity index (χ1) is 11.7. The van der Waals surface area contributed by atoms with E-state index in [1.807, 2.05) is 18.2 Å². The number of hydrogen-bond acceptors (Lipinski definition) is 4. The van der Waals surface area contributed by atoms with Crippen LogP contribution in [-0.2, 0) is 4.79 Å². The number of para-hydroxylation sites is 1. The summed E-state index contributed by atoms with van der Waals surface area (Å²) in [7, 11) is 0. The van der Waals surface area contributed by atoms with Crippen molar-refractivity contribution in [3.8, 4) is 0 Å². The first kappa shape index (κ1) is 16.9. The van der Waals surface area contributed by atoms with Gasteiger partial charge in [-0.3, -0.25) is 15.0 Å². The molecule has 2 fully saturated rings. The Morgan fingerprint density at radius 1 is 1.04 bits per heavy atom. The highest BCUT2D eigenvalue weighted by atomic mass is 16.2. The van der Waals surface area contributed by atoms with E-state index in [-0.39, 0.29) is 5.91 Å². The van der Waals surface area contributed by atoms with Crippen molar-refractivity contribution in [2.24, 2.45) is 5.92 Å². The van der Waals surface area contributed by atoms with Gasteiger partial charge in [0, 0.05) is 18.8 Å². The zero-order chi connectivity index (χ0) is 16.8. The molecule has 1 atom stereocenters. The first-order valence-electron chi connectivity index (χ1n) is 8.79. The monoisotopic (exact) mass is 330 g/mol. The number of rotatable bonds is 5. The number of carbonyl (C=O) groups is 2. The number of imide groups is 1. The molecule has 3 rings (SSSR count). The minimum absolute atomic E-state index is 0.245. The van der Waals surface area contributed by atoms with Crippen LogP contribution in [0.3, 0.4) is 0 Å². The number of urea groups is 1. The zero-order valence-corrected chi connectivity index (χ0v) is 14.0. The highest BCUT2D eigenvalue weighted by Gasteiger charge is 2.26. The highest BCUT2D eigenvalue weighted by Crippen LogP contribution is 2.19. The van der Waals surface area contributed by atoms with Crippen LogP contribution in [0, 0.1) is 5.92 Å². The molecule has 1 aromatic rings. The standard InChI is InChI=1S/C18H26N4O2/c23-17(20-18(24)19-16-6-2-1-3-7-16)14-22-11-8-15(13-22)12-21-9-4-5-10-21/h1-3,6-7,15H,4-5,8-14H2,(H2,19,20,23,24). The second-order valence-electron chi connectivity index (χ2n) is 6.77. The SMILES string of the molecule is O=C(CN1CCC(CN2CCCC2)C1)NC(=O)Nc1ccccc1. The van der Waals surface area contributed by atoms with Crippen LogP contribution in [0.15, 0.2) is 30.3 Å². The Bertz CT molecular complexity index is 557. The van der Waals surface area contributed by atoms with Gasteiger partial charge in [0.1, 0.15) is 0 Å². The van der Waals surface area contributed by atoms with Crippen molar-refractivity contribution in [2.75, 3.05) is 44.6 Å².